The third-order valence-corrected chi connectivity index (χ3v) is 4.25. The summed E-state index contributed by atoms with van der Waals surface area (Å²) in [5.74, 6) is -0.152. The normalized spacial score (nSPS) is 11.5. The summed E-state index contributed by atoms with van der Waals surface area (Å²) < 4.78 is 5.26. The average Bonchev–Trinajstić information content (AvgIpc) is 3.15. The molecule has 0 aliphatic heterocycles. The summed E-state index contributed by atoms with van der Waals surface area (Å²) in [5.41, 5.74) is 3.75. The average molecular weight is 351 g/mol. The molecule has 3 heterocycles. The van der Waals surface area contributed by atoms with Gasteiger partial charge in [-0.25, -0.2) is 9.78 Å². The minimum Gasteiger partial charge on any atom is -0.336 e. The van der Waals surface area contributed by atoms with Gasteiger partial charge in [0.2, 0.25) is 0 Å². The predicted octanol–water partition coefficient (Wildman–Crippen LogP) is 3.08. The number of pyridine rings is 1. The molecule has 0 aliphatic carbocycles. The zero-order valence-corrected chi connectivity index (χ0v) is 14.5. The molecule has 0 atom stereocenters. The number of aromatic nitrogens is 4. The Kier molecular flexibility index (Phi) is 3.61. The first-order valence-corrected chi connectivity index (χ1v) is 8.22. The van der Waals surface area contributed by atoms with Crippen molar-refractivity contribution in [3.8, 4) is 0 Å². The number of nitrogens with zero attached hydrogens (tertiary/aromatic N) is 2. The second kappa shape index (κ2) is 5.83. The van der Waals surface area contributed by atoms with Crippen molar-refractivity contribution in [1.29, 1.82) is 0 Å². The molecule has 0 aliphatic rings. The summed E-state index contributed by atoms with van der Waals surface area (Å²) in [7, 11) is 0. The first kappa shape index (κ1) is 16.1. The molecule has 3 aromatic heterocycles. The van der Waals surface area contributed by atoms with Gasteiger partial charge in [0, 0.05) is 11.4 Å². The van der Waals surface area contributed by atoms with Gasteiger partial charge in [-0.2, -0.15) is 0 Å². The molecule has 132 valence electrons. The predicted molar refractivity (Wildman–Crippen MR) is 97.5 cm³/mol. The topological polar surface area (TPSA) is 117 Å². The summed E-state index contributed by atoms with van der Waals surface area (Å²) in [5, 5.41) is 7.39. The summed E-state index contributed by atoms with van der Waals surface area (Å²) in [6.07, 6.45) is 0. The van der Waals surface area contributed by atoms with Crippen LogP contribution in [-0.4, -0.2) is 26.0 Å². The SMILES string of the molecule is Cc1noc2nc(C(C)C)cc(C(=O)Nc3ccc4[nH]c(=O)[nH]c4c3)c12. The van der Waals surface area contributed by atoms with Gasteiger partial charge in [0.15, 0.2) is 0 Å². The standard InChI is InChI=1S/C18H17N5O3/c1-8(2)13-7-11(15-9(3)23-26-17(15)20-13)16(24)19-10-4-5-12-14(6-10)22-18(25)21-12/h4-8H,1-3H3,(H,19,24)(H2,21,22,25). The van der Waals surface area contributed by atoms with Crippen LogP contribution in [0.3, 0.4) is 0 Å². The largest absolute Gasteiger partial charge is 0.336 e. The van der Waals surface area contributed by atoms with E-state index in [1.807, 2.05) is 13.8 Å². The lowest BCUT2D eigenvalue weighted by molar-refractivity contribution is 0.102. The number of hydrogen-bond donors (Lipinski definition) is 3. The van der Waals surface area contributed by atoms with E-state index >= 15 is 0 Å². The molecule has 0 bridgehead atoms. The van der Waals surface area contributed by atoms with Gasteiger partial charge in [-0.15, -0.1) is 0 Å². The number of benzene rings is 1. The van der Waals surface area contributed by atoms with Crippen molar-refractivity contribution >= 4 is 33.7 Å². The molecule has 4 rings (SSSR count). The molecule has 26 heavy (non-hydrogen) atoms. The summed E-state index contributed by atoms with van der Waals surface area (Å²) >= 11 is 0. The van der Waals surface area contributed by atoms with E-state index in [9.17, 15) is 9.59 Å². The third kappa shape index (κ3) is 2.65. The molecule has 4 aromatic rings. The van der Waals surface area contributed by atoms with E-state index in [1.54, 1.807) is 31.2 Å². The van der Waals surface area contributed by atoms with Gasteiger partial charge >= 0.3 is 5.69 Å². The van der Waals surface area contributed by atoms with Crippen molar-refractivity contribution in [2.45, 2.75) is 26.7 Å². The Labute approximate surface area is 147 Å². The number of carbonyl (C=O) groups excluding carboxylic acids is 1. The monoisotopic (exact) mass is 351 g/mol. The first-order valence-electron chi connectivity index (χ1n) is 8.22. The molecule has 1 amide bonds. The molecule has 3 N–H and O–H groups in total. The molecule has 0 saturated heterocycles. The minimum absolute atomic E-state index is 0.137. The van der Waals surface area contributed by atoms with E-state index in [0.29, 0.717) is 39.1 Å². The fourth-order valence-electron chi connectivity index (χ4n) is 2.90. The van der Waals surface area contributed by atoms with Gasteiger partial charge in [0.05, 0.1) is 27.7 Å². The quantitative estimate of drug-likeness (QED) is 0.524. The summed E-state index contributed by atoms with van der Waals surface area (Å²) in [4.78, 5) is 34.1. The molecule has 0 saturated carbocycles. The number of imidazole rings is 1. The second-order valence-electron chi connectivity index (χ2n) is 6.49. The van der Waals surface area contributed by atoms with Crippen LogP contribution in [0.2, 0.25) is 0 Å². The van der Waals surface area contributed by atoms with Gasteiger partial charge in [-0.05, 0) is 37.1 Å². The van der Waals surface area contributed by atoms with Gasteiger partial charge in [-0.1, -0.05) is 19.0 Å². The van der Waals surface area contributed by atoms with Crippen molar-refractivity contribution in [2.75, 3.05) is 5.32 Å². The van der Waals surface area contributed by atoms with Crippen LogP contribution in [0.1, 0.15) is 41.5 Å². The molecule has 0 radical (unpaired) electrons. The van der Waals surface area contributed by atoms with Crippen molar-refractivity contribution in [1.82, 2.24) is 20.1 Å². The molecule has 0 fully saturated rings. The van der Waals surface area contributed by atoms with Crippen LogP contribution >= 0.6 is 0 Å². The van der Waals surface area contributed by atoms with E-state index < -0.39 is 0 Å². The number of carbonyl (C=O) groups is 1. The van der Waals surface area contributed by atoms with E-state index in [4.69, 9.17) is 4.52 Å². The summed E-state index contributed by atoms with van der Waals surface area (Å²) in [6.45, 7) is 5.76. The summed E-state index contributed by atoms with van der Waals surface area (Å²) in [6, 6.07) is 6.93. The first-order chi connectivity index (χ1) is 12.4. The molecule has 1 aromatic carbocycles. The number of amides is 1. The fourth-order valence-corrected chi connectivity index (χ4v) is 2.90. The van der Waals surface area contributed by atoms with Crippen LogP contribution in [0.15, 0.2) is 33.6 Å². The highest BCUT2D eigenvalue weighted by atomic mass is 16.5. The molecule has 8 nitrogen and oxygen atoms in total. The van der Waals surface area contributed by atoms with Gasteiger partial charge in [0.25, 0.3) is 11.6 Å². The fraction of sp³-hybridized carbons (Fsp3) is 0.222. The lowest BCUT2D eigenvalue weighted by atomic mass is 10.0. The number of nitrogens with one attached hydrogen (secondary N) is 3. The van der Waals surface area contributed by atoms with Crippen molar-refractivity contribution in [3.63, 3.8) is 0 Å². The van der Waals surface area contributed by atoms with Crippen LogP contribution in [0.4, 0.5) is 5.69 Å². The van der Waals surface area contributed by atoms with Crippen LogP contribution in [0.5, 0.6) is 0 Å². The van der Waals surface area contributed by atoms with Crippen LogP contribution in [0.25, 0.3) is 22.1 Å². The maximum Gasteiger partial charge on any atom is 0.323 e. The highest BCUT2D eigenvalue weighted by molar-refractivity contribution is 6.12. The molecule has 0 unspecified atom stereocenters. The smallest absolute Gasteiger partial charge is 0.323 e. The van der Waals surface area contributed by atoms with Gasteiger partial charge in [-0.3, -0.25) is 4.79 Å². The van der Waals surface area contributed by atoms with Gasteiger partial charge in [0.1, 0.15) is 0 Å². The van der Waals surface area contributed by atoms with E-state index in [0.717, 1.165) is 5.69 Å². The Morgan fingerprint density at radius 1 is 1.19 bits per heavy atom. The van der Waals surface area contributed by atoms with Crippen molar-refractivity contribution < 1.29 is 9.32 Å². The second-order valence-corrected chi connectivity index (χ2v) is 6.49. The Hall–Kier alpha value is -3.42. The Morgan fingerprint density at radius 2 is 1.96 bits per heavy atom. The number of hydrogen-bond acceptors (Lipinski definition) is 5. The number of aromatic amines is 2. The van der Waals surface area contributed by atoms with Crippen LogP contribution < -0.4 is 11.0 Å². The Balaban J connectivity index is 1.76. The number of fused-ring (bicyclic) bond motifs is 2. The molecular weight excluding hydrogens is 334 g/mol. The molecular formula is C18H17N5O3. The maximum absolute atomic E-state index is 12.9. The van der Waals surface area contributed by atoms with Crippen LogP contribution in [0, 0.1) is 6.92 Å². The van der Waals surface area contributed by atoms with E-state index in [2.05, 4.69) is 25.4 Å². The molecule has 0 spiro atoms. The zero-order valence-electron chi connectivity index (χ0n) is 14.5. The Bertz CT molecular complexity index is 1200. The van der Waals surface area contributed by atoms with E-state index in [1.165, 1.54) is 0 Å². The molecule has 8 heteroatoms. The number of H-pyrrole nitrogens is 2. The maximum atomic E-state index is 12.9. The highest BCUT2D eigenvalue weighted by Crippen LogP contribution is 2.26. The number of anilines is 1. The highest BCUT2D eigenvalue weighted by Gasteiger charge is 2.20. The number of rotatable bonds is 3. The van der Waals surface area contributed by atoms with Crippen LogP contribution in [-0.2, 0) is 0 Å². The zero-order chi connectivity index (χ0) is 18.4. The van der Waals surface area contributed by atoms with E-state index in [-0.39, 0.29) is 17.5 Å². The lowest BCUT2D eigenvalue weighted by Crippen LogP contribution is -2.13. The number of aryl methyl sites for hydroxylation is 1. The lowest BCUT2D eigenvalue weighted by Gasteiger charge is -2.10. The van der Waals surface area contributed by atoms with Crippen molar-refractivity contribution in [3.05, 3.63) is 51.7 Å². The van der Waals surface area contributed by atoms with Gasteiger partial charge < -0.3 is 19.8 Å². The van der Waals surface area contributed by atoms with Crippen molar-refractivity contribution in [2.24, 2.45) is 0 Å². The third-order valence-electron chi connectivity index (χ3n) is 4.25. The minimum atomic E-state index is -0.291. The Morgan fingerprint density at radius 3 is 2.73 bits per heavy atom.